The highest BCUT2D eigenvalue weighted by atomic mass is 32.2. The van der Waals surface area contributed by atoms with Gasteiger partial charge in [0.1, 0.15) is 16.8 Å². The molecule has 34 heavy (non-hydrogen) atoms. The van der Waals surface area contributed by atoms with E-state index in [0.29, 0.717) is 33.5 Å². The quantitative estimate of drug-likeness (QED) is 0.274. The number of amides is 1. The number of carbonyl (C=O) groups excluding carboxylic acids is 1. The van der Waals surface area contributed by atoms with Crippen LogP contribution in [0.2, 0.25) is 0 Å². The summed E-state index contributed by atoms with van der Waals surface area (Å²) < 4.78 is 6.55. The van der Waals surface area contributed by atoms with E-state index in [2.05, 4.69) is 15.5 Å². The lowest BCUT2D eigenvalue weighted by Gasteiger charge is -2.14. The van der Waals surface area contributed by atoms with Gasteiger partial charge in [0, 0.05) is 17.8 Å². The average molecular weight is 472 g/mol. The molecule has 5 rings (SSSR count). The second-order valence-corrected chi connectivity index (χ2v) is 8.72. The first-order chi connectivity index (χ1) is 16.5. The van der Waals surface area contributed by atoms with Crippen LogP contribution in [0.3, 0.4) is 0 Å². The van der Waals surface area contributed by atoms with Gasteiger partial charge in [-0.05, 0) is 31.0 Å². The summed E-state index contributed by atoms with van der Waals surface area (Å²) in [6.45, 7) is 3.68. The van der Waals surface area contributed by atoms with Crippen LogP contribution in [0.25, 0.3) is 27.8 Å². The predicted octanol–water partition coefficient (Wildman–Crippen LogP) is 4.72. The number of thioether (sulfide) groups is 1. The van der Waals surface area contributed by atoms with Crippen molar-refractivity contribution in [1.82, 2.24) is 19.7 Å². The number of benzene rings is 2. The lowest BCUT2D eigenvalue weighted by atomic mass is 10.1. The van der Waals surface area contributed by atoms with E-state index in [9.17, 15) is 9.59 Å². The Kier molecular flexibility index (Phi) is 5.77. The molecule has 8 nitrogen and oxygen atoms in total. The molecule has 170 valence electrons. The van der Waals surface area contributed by atoms with Gasteiger partial charge >= 0.3 is 0 Å². The van der Waals surface area contributed by atoms with Crippen LogP contribution < -0.4 is 10.9 Å². The van der Waals surface area contributed by atoms with Gasteiger partial charge in [0.05, 0.1) is 11.4 Å². The van der Waals surface area contributed by atoms with Gasteiger partial charge in [-0.15, -0.1) is 0 Å². The summed E-state index contributed by atoms with van der Waals surface area (Å²) in [6, 6.07) is 19.0. The molecular weight excluding hydrogens is 450 g/mol. The number of para-hydroxylation sites is 1. The van der Waals surface area contributed by atoms with Gasteiger partial charge in [-0.2, -0.15) is 0 Å². The number of aryl methyl sites for hydroxylation is 2. The summed E-state index contributed by atoms with van der Waals surface area (Å²) >= 11 is 1.19. The number of hydrogen-bond acceptors (Lipinski definition) is 6. The highest BCUT2D eigenvalue weighted by Crippen LogP contribution is 2.29. The maximum Gasteiger partial charge on any atom is 0.283 e. The Morgan fingerprint density at radius 3 is 2.62 bits per heavy atom. The van der Waals surface area contributed by atoms with Gasteiger partial charge in [-0.3, -0.25) is 14.2 Å². The molecule has 0 aliphatic rings. The van der Waals surface area contributed by atoms with E-state index in [-0.39, 0.29) is 17.2 Å². The van der Waals surface area contributed by atoms with Gasteiger partial charge in [-0.1, -0.05) is 65.4 Å². The zero-order valence-electron chi connectivity index (χ0n) is 18.5. The van der Waals surface area contributed by atoms with Gasteiger partial charge < -0.3 is 14.8 Å². The van der Waals surface area contributed by atoms with E-state index < -0.39 is 0 Å². The maximum absolute atomic E-state index is 13.6. The topological polar surface area (TPSA) is 106 Å². The normalized spacial score (nSPS) is 11.1. The number of aromatic nitrogens is 4. The molecule has 0 saturated carbocycles. The Morgan fingerprint density at radius 1 is 1.12 bits per heavy atom. The van der Waals surface area contributed by atoms with Gasteiger partial charge in [0.25, 0.3) is 5.56 Å². The minimum atomic E-state index is -0.277. The molecule has 0 spiro atoms. The SMILES string of the molecule is Cc1cc(NC(=O)CSc2nc3c(-c4ccccc4)c[nH]c3c(=O)n2-c2ccccc2C)no1. The highest BCUT2D eigenvalue weighted by Gasteiger charge is 2.19. The van der Waals surface area contributed by atoms with E-state index in [4.69, 9.17) is 9.51 Å². The largest absolute Gasteiger partial charge is 0.360 e. The van der Waals surface area contributed by atoms with Crippen LogP contribution in [0.5, 0.6) is 0 Å². The minimum absolute atomic E-state index is 0.0425. The number of hydrogen-bond donors (Lipinski definition) is 2. The molecule has 0 atom stereocenters. The number of aromatic amines is 1. The van der Waals surface area contributed by atoms with E-state index in [0.717, 1.165) is 16.7 Å². The molecule has 3 aromatic heterocycles. The van der Waals surface area contributed by atoms with Gasteiger partial charge in [0.15, 0.2) is 11.0 Å². The van der Waals surface area contributed by atoms with Crippen molar-refractivity contribution in [2.24, 2.45) is 0 Å². The van der Waals surface area contributed by atoms with Crippen molar-refractivity contribution in [2.75, 3.05) is 11.1 Å². The summed E-state index contributed by atoms with van der Waals surface area (Å²) in [5.74, 6) is 0.714. The van der Waals surface area contributed by atoms with Crippen molar-refractivity contribution >= 4 is 34.5 Å². The third-order valence-electron chi connectivity index (χ3n) is 5.34. The summed E-state index contributed by atoms with van der Waals surface area (Å²) in [5.41, 5.74) is 4.16. The van der Waals surface area contributed by atoms with E-state index in [1.54, 1.807) is 23.8 Å². The molecule has 0 saturated heterocycles. The van der Waals surface area contributed by atoms with Gasteiger partial charge in [0.2, 0.25) is 5.91 Å². The first-order valence-electron chi connectivity index (χ1n) is 10.6. The fraction of sp³-hybridized carbons (Fsp3) is 0.120. The van der Waals surface area contributed by atoms with E-state index in [1.807, 2.05) is 61.5 Å². The van der Waals surface area contributed by atoms with Crippen LogP contribution in [-0.2, 0) is 4.79 Å². The maximum atomic E-state index is 13.6. The number of fused-ring (bicyclic) bond motifs is 1. The molecule has 3 heterocycles. The van der Waals surface area contributed by atoms with Crippen molar-refractivity contribution in [1.29, 1.82) is 0 Å². The number of anilines is 1. The zero-order chi connectivity index (χ0) is 23.7. The van der Waals surface area contributed by atoms with Crippen LogP contribution in [0.15, 0.2) is 81.3 Å². The summed E-state index contributed by atoms with van der Waals surface area (Å²) in [4.78, 5) is 34.2. The molecular formula is C25H21N5O3S. The Balaban J connectivity index is 1.58. The van der Waals surface area contributed by atoms with Crippen molar-refractivity contribution < 1.29 is 9.32 Å². The molecule has 2 N–H and O–H groups in total. The average Bonchev–Trinajstić information content (AvgIpc) is 3.45. The Morgan fingerprint density at radius 2 is 1.88 bits per heavy atom. The first kappa shape index (κ1) is 21.7. The minimum Gasteiger partial charge on any atom is -0.360 e. The molecule has 1 amide bonds. The summed E-state index contributed by atoms with van der Waals surface area (Å²) in [5, 5.41) is 6.92. The molecule has 0 bridgehead atoms. The second-order valence-electron chi connectivity index (χ2n) is 7.77. The predicted molar refractivity (Wildman–Crippen MR) is 132 cm³/mol. The van der Waals surface area contributed by atoms with E-state index in [1.165, 1.54) is 11.8 Å². The molecule has 9 heteroatoms. The van der Waals surface area contributed by atoms with Crippen molar-refractivity contribution in [3.63, 3.8) is 0 Å². The first-order valence-corrected chi connectivity index (χ1v) is 11.6. The monoisotopic (exact) mass is 471 g/mol. The lowest BCUT2D eigenvalue weighted by Crippen LogP contribution is -2.23. The molecule has 5 aromatic rings. The fourth-order valence-electron chi connectivity index (χ4n) is 3.73. The van der Waals surface area contributed by atoms with Crippen LogP contribution in [0.4, 0.5) is 5.82 Å². The highest BCUT2D eigenvalue weighted by molar-refractivity contribution is 7.99. The smallest absolute Gasteiger partial charge is 0.283 e. The van der Waals surface area contributed by atoms with Crippen LogP contribution in [0, 0.1) is 13.8 Å². The third kappa shape index (κ3) is 4.13. The molecule has 0 aliphatic heterocycles. The number of nitrogens with zero attached hydrogens (tertiary/aromatic N) is 3. The number of carbonyl (C=O) groups is 1. The third-order valence-corrected chi connectivity index (χ3v) is 6.28. The van der Waals surface area contributed by atoms with Crippen molar-refractivity contribution in [3.05, 3.63) is 88.5 Å². The number of H-pyrrole nitrogens is 1. The molecule has 2 aromatic carbocycles. The summed E-state index contributed by atoms with van der Waals surface area (Å²) in [7, 11) is 0. The Labute approximate surface area is 199 Å². The zero-order valence-corrected chi connectivity index (χ0v) is 19.3. The van der Waals surface area contributed by atoms with Crippen LogP contribution >= 0.6 is 11.8 Å². The standard InChI is InChI=1S/C25H21N5O3S/c1-15-8-6-7-11-19(15)30-24(32)23-22(18(13-26-23)17-9-4-3-5-10-17)28-25(30)34-14-21(31)27-20-12-16(2)33-29-20/h3-13,26H,14H2,1-2H3,(H,27,29,31). The molecule has 0 unspecified atom stereocenters. The van der Waals surface area contributed by atoms with Crippen LogP contribution in [-0.4, -0.2) is 31.4 Å². The number of rotatable bonds is 6. The van der Waals surface area contributed by atoms with Crippen molar-refractivity contribution in [3.8, 4) is 16.8 Å². The fourth-order valence-corrected chi connectivity index (χ4v) is 4.53. The second kappa shape index (κ2) is 9.03. The molecule has 0 radical (unpaired) electrons. The lowest BCUT2D eigenvalue weighted by molar-refractivity contribution is -0.113. The molecule has 0 aliphatic carbocycles. The Hall–Kier alpha value is -4.11. The van der Waals surface area contributed by atoms with Crippen molar-refractivity contribution in [2.45, 2.75) is 19.0 Å². The summed E-state index contributed by atoms with van der Waals surface area (Å²) in [6.07, 6.45) is 1.80. The Bertz CT molecular complexity index is 1550. The van der Waals surface area contributed by atoms with E-state index >= 15 is 0 Å². The molecule has 0 fully saturated rings. The van der Waals surface area contributed by atoms with Gasteiger partial charge in [-0.25, -0.2) is 4.98 Å². The number of nitrogens with one attached hydrogen (secondary N) is 2. The van der Waals surface area contributed by atoms with Crippen LogP contribution in [0.1, 0.15) is 11.3 Å².